The summed E-state index contributed by atoms with van der Waals surface area (Å²) in [6, 6.07) is 12.0. The molecule has 1 fully saturated rings. The second kappa shape index (κ2) is 6.91. The maximum atomic E-state index is 5.41. The molecule has 0 aromatic heterocycles. The molecule has 0 bridgehead atoms. The first kappa shape index (κ1) is 13.6. The number of benzene rings is 1. The highest BCUT2D eigenvalue weighted by atomic mass is 16.5. The van der Waals surface area contributed by atoms with Gasteiger partial charge in [-0.3, -0.25) is 0 Å². The molecule has 0 radical (unpaired) electrons. The summed E-state index contributed by atoms with van der Waals surface area (Å²) in [7, 11) is 1.83. The van der Waals surface area contributed by atoms with Crippen LogP contribution in [0.25, 0.3) is 0 Å². The molecule has 18 heavy (non-hydrogen) atoms. The van der Waals surface area contributed by atoms with Crippen molar-refractivity contribution in [3.05, 3.63) is 35.9 Å². The third-order valence-electron chi connectivity index (χ3n) is 3.95. The number of nitrogens with one attached hydrogen (secondary N) is 1. The number of methoxy groups -OCH3 is 1. The molecule has 0 amide bonds. The van der Waals surface area contributed by atoms with Crippen LogP contribution >= 0.6 is 0 Å². The number of hydrogen-bond donors (Lipinski definition) is 1. The van der Waals surface area contributed by atoms with Crippen molar-refractivity contribution in [3.8, 4) is 0 Å². The van der Waals surface area contributed by atoms with E-state index >= 15 is 0 Å². The maximum absolute atomic E-state index is 5.41. The minimum Gasteiger partial charge on any atom is -0.381 e. The van der Waals surface area contributed by atoms with Crippen LogP contribution in [0.5, 0.6) is 0 Å². The fraction of sp³-hybridized carbons (Fsp3) is 0.625. The fourth-order valence-corrected chi connectivity index (χ4v) is 2.82. The zero-order valence-electron chi connectivity index (χ0n) is 11.6. The first-order chi connectivity index (χ1) is 8.78. The molecular weight excluding hydrogens is 222 g/mol. The lowest BCUT2D eigenvalue weighted by atomic mass is 10.1. The lowest BCUT2D eigenvalue weighted by molar-refractivity contribution is 0.106. The highest BCUT2D eigenvalue weighted by molar-refractivity contribution is 5.14. The van der Waals surface area contributed by atoms with Crippen molar-refractivity contribution >= 4 is 0 Å². The van der Waals surface area contributed by atoms with Crippen molar-refractivity contribution in [2.45, 2.75) is 57.2 Å². The topological polar surface area (TPSA) is 21.3 Å². The second-order valence-electron chi connectivity index (χ2n) is 5.46. The van der Waals surface area contributed by atoms with E-state index in [0.717, 1.165) is 6.42 Å². The molecular formula is C16H25NO. The average Bonchev–Trinajstić information content (AvgIpc) is 2.85. The average molecular weight is 247 g/mol. The molecule has 2 heteroatoms. The van der Waals surface area contributed by atoms with Crippen molar-refractivity contribution in [2.75, 3.05) is 7.11 Å². The van der Waals surface area contributed by atoms with Crippen LogP contribution in [-0.4, -0.2) is 25.3 Å². The first-order valence-electron chi connectivity index (χ1n) is 7.10. The van der Waals surface area contributed by atoms with Gasteiger partial charge in [0, 0.05) is 19.2 Å². The largest absolute Gasteiger partial charge is 0.381 e. The lowest BCUT2D eigenvalue weighted by Crippen LogP contribution is -2.35. The standard InChI is InChI=1S/C16H25NO/c1-13(8-9-14-6-4-3-5-7-14)17-15-10-11-16(12-15)18-2/h3-7,13,15-17H,8-12H2,1-2H3. The minimum absolute atomic E-state index is 0.476. The van der Waals surface area contributed by atoms with E-state index in [9.17, 15) is 0 Å². The van der Waals surface area contributed by atoms with E-state index < -0.39 is 0 Å². The lowest BCUT2D eigenvalue weighted by Gasteiger charge is -2.19. The molecule has 3 atom stereocenters. The molecule has 1 saturated carbocycles. The van der Waals surface area contributed by atoms with Gasteiger partial charge in [-0.1, -0.05) is 30.3 Å². The third kappa shape index (κ3) is 4.11. The molecule has 3 unspecified atom stereocenters. The van der Waals surface area contributed by atoms with Gasteiger partial charge in [0.15, 0.2) is 0 Å². The van der Waals surface area contributed by atoms with Gasteiger partial charge in [0.2, 0.25) is 0 Å². The molecule has 2 nitrogen and oxygen atoms in total. The molecule has 1 aromatic carbocycles. The van der Waals surface area contributed by atoms with Gasteiger partial charge in [-0.05, 0) is 44.6 Å². The monoisotopic (exact) mass is 247 g/mol. The van der Waals surface area contributed by atoms with E-state index in [4.69, 9.17) is 4.74 Å². The Morgan fingerprint density at radius 3 is 2.72 bits per heavy atom. The second-order valence-corrected chi connectivity index (χ2v) is 5.46. The fourth-order valence-electron chi connectivity index (χ4n) is 2.82. The van der Waals surface area contributed by atoms with Crippen molar-refractivity contribution in [1.82, 2.24) is 5.32 Å². The van der Waals surface area contributed by atoms with Gasteiger partial charge in [0.1, 0.15) is 0 Å². The predicted octanol–water partition coefficient (Wildman–Crippen LogP) is 3.16. The molecule has 1 N–H and O–H groups in total. The summed E-state index contributed by atoms with van der Waals surface area (Å²) in [4.78, 5) is 0. The normalized spacial score (nSPS) is 25.2. The Labute approximate surface area is 111 Å². The molecule has 2 rings (SSSR count). The summed E-state index contributed by atoms with van der Waals surface area (Å²) in [6.45, 7) is 2.29. The molecule has 0 heterocycles. The Bertz CT molecular complexity index is 338. The summed E-state index contributed by atoms with van der Waals surface area (Å²) in [5.74, 6) is 0. The summed E-state index contributed by atoms with van der Waals surface area (Å²) < 4.78 is 5.41. The van der Waals surface area contributed by atoms with E-state index in [0.29, 0.717) is 18.2 Å². The van der Waals surface area contributed by atoms with Gasteiger partial charge in [-0.25, -0.2) is 0 Å². The molecule has 0 aliphatic heterocycles. The van der Waals surface area contributed by atoms with Crippen LogP contribution in [0.3, 0.4) is 0 Å². The van der Waals surface area contributed by atoms with E-state index in [1.165, 1.54) is 31.2 Å². The van der Waals surface area contributed by atoms with Crippen LogP contribution in [0.1, 0.15) is 38.2 Å². The van der Waals surface area contributed by atoms with Crippen molar-refractivity contribution < 1.29 is 4.74 Å². The van der Waals surface area contributed by atoms with Gasteiger partial charge >= 0.3 is 0 Å². The van der Waals surface area contributed by atoms with E-state index in [1.807, 2.05) is 7.11 Å². The highest BCUT2D eigenvalue weighted by Crippen LogP contribution is 2.22. The Morgan fingerprint density at radius 1 is 1.28 bits per heavy atom. The third-order valence-corrected chi connectivity index (χ3v) is 3.95. The van der Waals surface area contributed by atoms with Crippen LogP contribution in [-0.2, 0) is 11.2 Å². The number of ether oxygens (including phenoxy) is 1. The van der Waals surface area contributed by atoms with E-state index in [1.54, 1.807) is 0 Å². The van der Waals surface area contributed by atoms with Crippen molar-refractivity contribution in [2.24, 2.45) is 0 Å². The van der Waals surface area contributed by atoms with Gasteiger partial charge in [0.25, 0.3) is 0 Å². The smallest absolute Gasteiger partial charge is 0.0586 e. The molecule has 0 saturated heterocycles. The van der Waals surface area contributed by atoms with Gasteiger partial charge < -0.3 is 10.1 Å². The van der Waals surface area contributed by atoms with Crippen LogP contribution < -0.4 is 5.32 Å². The van der Waals surface area contributed by atoms with Crippen LogP contribution in [0.2, 0.25) is 0 Å². The maximum Gasteiger partial charge on any atom is 0.0586 e. The van der Waals surface area contributed by atoms with Gasteiger partial charge in [-0.15, -0.1) is 0 Å². The van der Waals surface area contributed by atoms with Gasteiger partial charge in [0.05, 0.1) is 6.10 Å². The van der Waals surface area contributed by atoms with Crippen molar-refractivity contribution in [3.63, 3.8) is 0 Å². The number of hydrogen-bond acceptors (Lipinski definition) is 2. The molecule has 1 aliphatic rings. The molecule has 1 aliphatic carbocycles. The Balaban J connectivity index is 1.68. The van der Waals surface area contributed by atoms with E-state index in [-0.39, 0.29) is 0 Å². The van der Waals surface area contributed by atoms with Crippen LogP contribution in [0, 0.1) is 0 Å². The van der Waals surface area contributed by atoms with Crippen LogP contribution in [0.15, 0.2) is 30.3 Å². The zero-order chi connectivity index (χ0) is 12.8. The summed E-state index contributed by atoms with van der Waals surface area (Å²) >= 11 is 0. The van der Waals surface area contributed by atoms with Gasteiger partial charge in [-0.2, -0.15) is 0 Å². The van der Waals surface area contributed by atoms with E-state index in [2.05, 4.69) is 42.6 Å². The highest BCUT2D eigenvalue weighted by Gasteiger charge is 2.24. The zero-order valence-corrected chi connectivity index (χ0v) is 11.6. The predicted molar refractivity (Wildman–Crippen MR) is 75.8 cm³/mol. The summed E-state index contributed by atoms with van der Waals surface area (Å²) in [6.07, 6.45) is 6.48. The Morgan fingerprint density at radius 2 is 2.06 bits per heavy atom. The Kier molecular flexibility index (Phi) is 5.21. The summed E-state index contributed by atoms with van der Waals surface area (Å²) in [5.41, 5.74) is 1.44. The summed E-state index contributed by atoms with van der Waals surface area (Å²) in [5, 5.41) is 3.73. The van der Waals surface area contributed by atoms with Crippen molar-refractivity contribution in [1.29, 1.82) is 0 Å². The molecule has 100 valence electrons. The molecule has 1 aromatic rings. The number of rotatable bonds is 6. The quantitative estimate of drug-likeness (QED) is 0.833. The SMILES string of the molecule is COC1CCC(NC(C)CCc2ccccc2)C1. The Hall–Kier alpha value is -0.860. The number of aryl methyl sites for hydroxylation is 1. The molecule has 0 spiro atoms. The minimum atomic E-state index is 0.476. The first-order valence-corrected chi connectivity index (χ1v) is 7.10. The van der Waals surface area contributed by atoms with Crippen LogP contribution in [0.4, 0.5) is 0 Å².